The highest BCUT2D eigenvalue weighted by atomic mass is 16.5. The van der Waals surface area contributed by atoms with E-state index in [-0.39, 0.29) is 5.92 Å². The lowest BCUT2D eigenvalue weighted by Crippen LogP contribution is -2.39. The van der Waals surface area contributed by atoms with Crippen LogP contribution in [0.25, 0.3) is 0 Å². The van der Waals surface area contributed by atoms with Crippen LogP contribution in [0.5, 0.6) is 5.75 Å². The molecule has 2 unspecified atom stereocenters. The van der Waals surface area contributed by atoms with Gasteiger partial charge >= 0.3 is 0 Å². The number of nitrogens with one attached hydrogen (secondary N) is 1. The van der Waals surface area contributed by atoms with Crippen molar-refractivity contribution in [2.45, 2.75) is 32.4 Å². The van der Waals surface area contributed by atoms with Crippen LogP contribution in [-0.2, 0) is 11.3 Å². The van der Waals surface area contributed by atoms with Crippen LogP contribution in [-0.4, -0.2) is 37.0 Å². The van der Waals surface area contributed by atoms with Gasteiger partial charge in [0.15, 0.2) is 0 Å². The largest absolute Gasteiger partial charge is 0.497 e. The predicted molar refractivity (Wildman–Crippen MR) is 82.1 cm³/mol. The van der Waals surface area contributed by atoms with Crippen molar-refractivity contribution in [3.63, 3.8) is 0 Å². The summed E-state index contributed by atoms with van der Waals surface area (Å²) in [6.07, 6.45) is 2.30. The molecule has 1 amide bonds. The van der Waals surface area contributed by atoms with Gasteiger partial charge in [0.05, 0.1) is 13.0 Å². The maximum atomic E-state index is 12.8. The van der Waals surface area contributed by atoms with E-state index in [9.17, 15) is 4.79 Å². The van der Waals surface area contributed by atoms with E-state index >= 15 is 0 Å². The number of amides is 1. The Bertz CT molecular complexity index is 496. The van der Waals surface area contributed by atoms with Crippen molar-refractivity contribution in [3.8, 4) is 5.75 Å². The lowest BCUT2D eigenvalue weighted by molar-refractivity contribution is -0.137. The summed E-state index contributed by atoms with van der Waals surface area (Å²) in [6.45, 7) is 4.67. The topological polar surface area (TPSA) is 41.6 Å². The Kier molecular flexibility index (Phi) is 4.15. The standard InChI is InChI=1S/C17H24N2O2/c1-12-9-18-10-16(12)17(20)19(14-5-6-14)11-13-3-7-15(21-2)8-4-13/h3-4,7-8,12,14,16,18H,5-6,9-11H2,1-2H3. The molecule has 2 fully saturated rings. The fraction of sp³-hybridized carbons (Fsp3) is 0.588. The van der Waals surface area contributed by atoms with Crippen molar-refractivity contribution in [1.82, 2.24) is 10.2 Å². The van der Waals surface area contributed by atoms with E-state index in [1.165, 1.54) is 5.56 Å². The number of hydrogen-bond acceptors (Lipinski definition) is 3. The van der Waals surface area contributed by atoms with Crippen molar-refractivity contribution in [1.29, 1.82) is 0 Å². The van der Waals surface area contributed by atoms with Crippen LogP contribution >= 0.6 is 0 Å². The highest BCUT2D eigenvalue weighted by molar-refractivity contribution is 5.80. The molecule has 1 saturated heterocycles. The van der Waals surface area contributed by atoms with Gasteiger partial charge in [-0.15, -0.1) is 0 Å². The third-order valence-corrected chi connectivity index (χ3v) is 4.62. The minimum absolute atomic E-state index is 0.142. The van der Waals surface area contributed by atoms with Gasteiger partial charge in [0, 0.05) is 19.1 Å². The normalized spacial score (nSPS) is 24.9. The van der Waals surface area contributed by atoms with E-state index in [0.717, 1.165) is 38.2 Å². The Morgan fingerprint density at radius 1 is 1.29 bits per heavy atom. The molecule has 4 nitrogen and oxygen atoms in total. The first-order valence-electron chi connectivity index (χ1n) is 7.83. The number of ether oxygens (including phenoxy) is 1. The summed E-state index contributed by atoms with van der Waals surface area (Å²) in [5, 5.41) is 3.33. The third-order valence-electron chi connectivity index (χ3n) is 4.62. The molecule has 1 aliphatic heterocycles. The number of rotatable bonds is 5. The van der Waals surface area contributed by atoms with Gasteiger partial charge in [-0.25, -0.2) is 0 Å². The van der Waals surface area contributed by atoms with Gasteiger partial charge in [-0.05, 0) is 43.0 Å². The van der Waals surface area contributed by atoms with E-state index < -0.39 is 0 Å². The summed E-state index contributed by atoms with van der Waals surface area (Å²) >= 11 is 0. The molecule has 2 aliphatic rings. The van der Waals surface area contributed by atoms with E-state index in [1.807, 2.05) is 12.1 Å². The minimum atomic E-state index is 0.142. The summed E-state index contributed by atoms with van der Waals surface area (Å²) in [6, 6.07) is 8.48. The van der Waals surface area contributed by atoms with Gasteiger partial charge in [-0.3, -0.25) is 4.79 Å². The van der Waals surface area contributed by atoms with Crippen molar-refractivity contribution < 1.29 is 9.53 Å². The lowest BCUT2D eigenvalue weighted by atomic mass is 9.96. The Morgan fingerprint density at radius 3 is 2.52 bits per heavy atom. The maximum Gasteiger partial charge on any atom is 0.227 e. The van der Waals surface area contributed by atoms with Crippen LogP contribution in [0.4, 0.5) is 0 Å². The quantitative estimate of drug-likeness (QED) is 0.901. The zero-order valence-corrected chi connectivity index (χ0v) is 12.8. The number of benzene rings is 1. The van der Waals surface area contributed by atoms with Gasteiger partial charge in [-0.2, -0.15) is 0 Å². The Hall–Kier alpha value is -1.55. The van der Waals surface area contributed by atoms with Gasteiger partial charge in [0.2, 0.25) is 5.91 Å². The SMILES string of the molecule is COc1ccc(CN(C(=O)C2CNCC2C)C2CC2)cc1. The second-order valence-corrected chi connectivity index (χ2v) is 6.29. The van der Waals surface area contributed by atoms with Crippen LogP contribution in [0.3, 0.4) is 0 Å². The molecule has 4 heteroatoms. The molecule has 21 heavy (non-hydrogen) atoms. The molecule has 1 heterocycles. The van der Waals surface area contributed by atoms with Gasteiger partial charge in [0.25, 0.3) is 0 Å². The average molecular weight is 288 g/mol. The first-order chi connectivity index (χ1) is 10.2. The molecule has 1 N–H and O–H groups in total. The van der Waals surface area contributed by atoms with E-state index in [4.69, 9.17) is 4.74 Å². The number of carbonyl (C=O) groups excluding carboxylic acids is 1. The molecule has 0 bridgehead atoms. The fourth-order valence-electron chi connectivity index (χ4n) is 3.05. The molecule has 0 radical (unpaired) electrons. The van der Waals surface area contributed by atoms with Crippen LogP contribution in [0, 0.1) is 11.8 Å². The van der Waals surface area contributed by atoms with Crippen LogP contribution in [0.2, 0.25) is 0 Å². The smallest absolute Gasteiger partial charge is 0.227 e. The molecule has 3 rings (SSSR count). The molecular weight excluding hydrogens is 264 g/mol. The number of carbonyl (C=O) groups is 1. The Morgan fingerprint density at radius 2 is 2.00 bits per heavy atom. The summed E-state index contributed by atoms with van der Waals surface area (Å²) < 4.78 is 5.19. The van der Waals surface area contributed by atoms with Crippen LogP contribution in [0.1, 0.15) is 25.3 Å². The molecule has 1 aliphatic carbocycles. The summed E-state index contributed by atoms with van der Waals surface area (Å²) in [5.41, 5.74) is 1.18. The Balaban J connectivity index is 1.70. The first kappa shape index (κ1) is 14.4. The summed E-state index contributed by atoms with van der Waals surface area (Å²) in [5.74, 6) is 1.76. The number of nitrogens with zero attached hydrogens (tertiary/aromatic N) is 1. The monoisotopic (exact) mass is 288 g/mol. The second-order valence-electron chi connectivity index (χ2n) is 6.29. The minimum Gasteiger partial charge on any atom is -0.497 e. The molecular formula is C17H24N2O2. The fourth-order valence-corrected chi connectivity index (χ4v) is 3.05. The van der Waals surface area contributed by atoms with Gasteiger partial charge in [-0.1, -0.05) is 19.1 Å². The third kappa shape index (κ3) is 3.21. The molecule has 1 saturated carbocycles. The average Bonchev–Trinajstić information content (AvgIpc) is 3.26. The first-order valence-corrected chi connectivity index (χ1v) is 7.83. The van der Waals surface area contributed by atoms with Crippen molar-refractivity contribution >= 4 is 5.91 Å². The number of methoxy groups -OCH3 is 1. The molecule has 0 spiro atoms. The predicted octanol–water partition coefficient (Wildman–Crippen LogP) is 2.04. The van der Waals surface area contributed by atoms with Crippen molar-refractivity contribution in [2.75, 3.05) is 20.2 Å². The highest BCUT2D eigenvalue weighted by Crippen LogP contribution is 2.32. The van der Waals surface area contributed by atoms with Gasteiger partial charge < -0.3 is 15.0 Å². The molecule has 114 valence electrons. The van der Waals surface area contributed by atoms with Crippen molar-refractivity contribution in [3.05, 3.63) is 29.8 Å². The van der Waals surface area contributed by atoms with E-state index in [1.54, 1.807) is 7.11 Å². The lowest BCUT2D eigenvalue weighted by Gasteiger charge is -2.27. The van der Waals surface area contributed by atoms with Crippen molar-refractivity contribution in [2.24, 2.45) is 11.8 Å². The summed E-state index contributed by atoms with van der Waals surface area (Å²) in [7, 11) is 1.67. The van der Waals surface area contributed by atoms with E-state index in [2.05, 4.69) is 29.3 Å². The van der Waals surface area contributed by atoms with Gasteiger partial charge in [0.1, 0.15) is 5.75 Å². The van der Waals surface area contributed by atoms with Crippen LogP contribution < -0.4 is 10.1 Å². The molecule has 0 aromatic heterocycles. The van der Waals surface area contributed by atoms with E-state index in [0.29, 0.717) is 17.9 Å². The molecule has 1 aromatic carbocycles. The summed E-state index contributed by atoms with van der Waals surface area (Å²) in [4.78, 5) is 14.9. The zero-order chi connectivity index (χ0) is 14.8. The maximum absolute atomic E-state index is 12.8. The molecule has 2 atom stereocenters. The highest BCUT2D eigenvalue weighted by Gasteiger charge is 2.39. The van der Waals surface area contributed by atoms with Crippen LogP contribution in [0.15, 0.2) is 24.3 Å². The zero-order valence-electron chi connectivity index (χ0n) is 12.8. The second kappa shape index (κ2) is 6.06. The number of hydrogen-bond donors (Lipinski definition) is 1. The molecule has 1 aromatic rings. The Labute approximate surface area is 126 Å².